The third-order valence-corrected chi connectivity index (χ3v) is 3.99. The maximum atomic E-state index is 12.6. The molecule has 0 radical (unpaired) electrons. The maximum absolute atomic E-state index is 12.6. The number of carbonyl (C=O) groups excluding carboxylic acids is 4. The number of esters is 2. The van der Waals surface area contributed by atoms with Gasteiger partial charge in [-0.05, 0) is 43.3 Å². The van der Waals surface area contributed by atoms with Crippen molar-refractivity contribution in [2.75, 3.05) is 12.4 Å². The molecule has 1 aliphatic rings. The summed E-state index contributed by atoms with van der Waals surface area (Å²) in [4.78, 5) is 47.9. The summed E-state index contributed by atoms with van der Waals surface area (Å²) in [7, 11) is 1.29. The quantitative estimate of drug-likeness (QED) is 0.292. The van der Waals surface area contributed by atoms with Gasteiger partial charge in [0.25, 0.3) is 0 Å². The van der Waals surface area contributed by atoms with E-state index in [1.807, 2.05) is 0 Å². The summed E-state index contributed by atoms with van der Waals surface area (Å²) in [5.74, 6) is -2.17. The lowest BCUT2D eigenvalue weighted by Crippen LogP contribution is -2.27. The Hall–Kier alpha value is -3.74. The molecule has 1 heterocycles. The van der Waals surface area contributed by atoms with Crippen LogP contribution in [0, 0.1) is 0 Å². The summed E-state index contributed by atoms with van der Waals surface area (Å²) < 4.78 is 9.83. The summed E-state index contributed by atoms with van der Waals surface area (Å²) in [6.07, 6.45) is 1.24. The van der Waals surface area contributed by atoms with Crippen molar-refractivity contribution in [1.82, 2.24) is 0 Å². The molecule has 0 bridgehead atoms. The van der Waals surface area contributed by atoms with Crippen LogP contribution < -0.4 is 10.1 Å². The topological polar surface area (TPSA) is 98.8 Å². The van der Waals surface area contributed by atoms with E-state index in [2.05, 4.69) is 10.1 Å². The van der Waals surface area contributed by atoms with Gasteiger partial charge in [0.1, 0.15) is 5.57 Å². The van der Waals surface area contributed by atoms with Gasteiger partial charge in [-0.2, -0.15) is 0 Å². The first kappa shape index (κ1) is 18.1. The number of ketones is 2. The van der Waals surface area contributed by atoms with Crippen LogP contribution in [0.1, 0.15) is 38.0 Å². The lowest BCUT2D eigenvalue weighted by Gasteiger charge is -2.19. The second-order valence-corrected chi connectivity index (χ2v) is 5.73. The number of benzene rings is 2. The highest BCUT2D eigenvalue weighted by Gasteiger charge is 2.33. The van der Waals surface area contributed by atoms with Gasteiger partial charge in [-0.15, -0.1) is 0 Å². The smallest absolute Gasteiger partial charge is 0.349 e. The molecule has 27 heavy (non-hydrogen) atoms. The zero-order chi connectivity index (χ0) is 19.6. The van der Waals surface area contributed by atoms with Gasteiger partial charge >= 0.3 is 11.9 Å². The number of anilines is 1. The van der Waals surface area contributed by atoms with E-state index < -0.39 is 17.7 Å². The van der Waals surface area contributed by atoms with E-state index in [1.54, 1.807) is 30.3 Å². The van der Waals surface area contributed by atoms with E-state index in [0.29, 0.717) is 11.3 Å². The molecule has 0 saturated carbocycles. The van der Waals surface area contributed by atoms with Crippen LogP contribution in [-0.2, 0) is 9.53 Å². The van der Waals surface area contributed by atoms with Gasteiger partial charge in [0, 0.05) is 11.9 Å². The maximum Gasteiger partial charge on any atom is 0.349 e. The van der Waals surface area contributed by atoms with Crippen LogP contribution in [0.5, 0.6) is 5.75 Å². The minimum Gasteiger partial charge on any atom is -0.465 e. The molecule has 0 amide bonds. The number of rotatable bonds is 4. The monoisotopic (exact) mass is 365 g/mol. The Morgan fingerprint density at radius 3 is 2.41 bits per heavy atom. The lowest BCUT2D eigenvalue weighted by atomic mass is 9.96. The number of hydrogen-bond acceptors (Lipinski definition) is 7. The SMILES string of the molecule is COC(=O)c1ccc(NC=C2C(=O)Oc3c(C(C)=O)cccc3C2=O)cc1. The average molecular weight is 365 g/mol. The number of para-hydroxylation sites is 1. The third kappa shape index (κ3) is 3.48. The minimum atomic E-state index is -0.847. The standard InChI is InChI=1S/C20H15NO6/c1-11(22)14-4-3-5-15-17(23)16(20(25)27-18(14)15)10-21-13-8-6-12(7-9-13)19(24)26-2/h3-10,21H,1-2H3. The fourth-order valence-electron chi connectivity index (χ4n) is 2.59. The molecular weight excluding hydrogens is 350 g/mol. The number of Topliss-reactive ketones (excluding diaryl/α,β-unsaturated/α-hetero) is 2. The molecule has 2 aromatic rings. The van der Waals surface area contributed by atoms with Crippen molar-refractivity contribution in [2.45, 2.75) is 6.92 Å². The number of fused-ring (bicyclic) bond motifs is 1. The van der Waals surface area contributed by atoms with Crippen LogP contribution in [0.4, 0.5) is 5.69 Å². The number of ether oxygens (including phenoxy) is 2. The van der Waals surface area contributed by atoms with Gasteiger partial charge in [0.2, 0.25) is 5.78 Å². The molecule has 2 aromatic carbocycles. The first-order valence-electron chi connectivity index (χ1n) is 7.98. The summed E-state index contributed by atoms with van der Waals surface area (Å²) >= 11 is 0. The van der Waals surface area contributed by atoms with E-state index in [-0.39, 0.29) is 28.2 Å². The van der Waals surface area contributed by atoms with Crippen molar-refractivity contribution in [2.24, 2.45) is 0 Å². The second kappa shape index (κ2) is 7.25. The summed E-state index contributed by atoms with van der Waals surface area (Å²) in [6.45, 7) is 1.33. The van der Waals surface area contributed by atoms with E-state index in [9.17, 15) is 19.2 Å². The van der Waals surface area contributed by atoms with Crippen molar-refractivity contribution >= 4 is 29.2 Å². The molecule has 3 rings (SSSR count). The Bertz CT molecular complexity index is 988. The molecule has 7 nitrogen and oxygen atoms in total. The van der Waals surface area contributed by atoms with E-state index >= 15 is 0 Å². The Morgan fingerprint density at radius 2 is 1.78 bits per heavy atom. The van der Waals surface area contributed by atoms with Gasteiger partial charge in [-0.1, -0.05) is 6.07 Å². The minimum absolute atomic E-state index is 0.0143. The van der Waals surface area contributed by atoms with Gasteiger partial charge in [0.05, 0.1) is 23.8 Å². The van der Waals surface area contributed by atoms with Crippen LogP contribution in [0.15, 0.2) is 54.2 Å². The van der Waals surface area contributed by atoms with Crippen LogP contribution in [0.2, 0.25) is 0 Å². The van der Waals surface area contributed by atoms with Crippen molar-refractivity contribution < 1.29 is 28.7 Å². The van der Waals surface area contributed by atoms with Crippen molar-refractivity contribution in [1.29, 1.82) is 0 Å². The molecule has 0 unspecified atom stereocenters. The zero-order valence-corrected chi connectivity index (χ0v) is 14.6. The first-order chi connectivity index (χ1) is 12.9. The Labute approximate surface area is 154 Å². The predicted octanol–water partition coefficient (Wildman–Crippen LogP) is 2.77. The predicted molar refractivity (Wildman–Crippen MR) is 95.9 cm³/mol. The van der Waals surface area contributed by atoms with Gasteiger partial charge in [0.15, 0.2) is 11.5 Å². The molecule has 136 valence electrons. The molecule has 0 atom stereocenters. The first-order valence-corrected chi connectivity index (χ1v) is 7.98. The largest absolute Gasteiger partial charge is 0.465 e. The van der Waals surface area contributed by atoms with Crippen LogP contribution in [0.3, 0.4) is 0 Å². The highest BCUT2D eigenvalue weighted by atomic mass is 16.5. The molecule has 1 N–H and O–H groups in total. The van der Waals surface area contributed by atoms with E-state index in [0.717, 1.165) is 0 Å². The normalized spacial score (nSPS) is 14.4. The van der Waals surface area contributed by atoms with Gasteiger partial charge in [-0.25, -0.2) is 9.59 Å². The van der Waals surface area contributed by atoms with Gasteiger partial charge < -0.3 is 14.8 Å². The highest BCUT2D eigenvalue weighted by Crippen LogP contribution is 2.31. The second-order valence-electron chi connectivity index (χ2n) is 5.73. The number of carbonyl (C=O) groups is 4. The van der Waals surface area contributed by atoms with Crippen LogP contribution in [0.25, 0.3) is 0 Å². The third-order valence-electron chi connectivity index (χ3n) is 3.99. The molecule has 0 aromatic heterocycles. The van der Waals surface area contributed by atoms with Crippen molar-refractivity contribution in [3.63, 3.8) is 0 Å². The molecular formula is C20H15NO6. The van der Waals surface area contributed by atoms with E-state index in [1.165, 1.54) is 32.4 Å². The number of methoxy groups -OCH3 is 1. The molecule has 0 spiro atoms. The Morgan fingerprint density at radius 1 is 1.07 bits per heavy atom. The number of hydrogen-bond donors (Lipinski definition) is 1. The van der Waals surface area contributed by atoms with Crippen LogP contribution in [-0.4, -0.2) is 30.6 Å². The summed E-state index contributed by atoms with van der Waals surface area (Å²) in [5.41, 5.74) is 1.06. The summed E-state index contributed by atoms with van der Waals surface area (Å²) in [5, 5.41) is 2.82. The molecule has 0 aliphatic carbocycles. The van der Waals surface area contributed by atoms with Crippen LogP contribution >= 0.6 is 0 Å². The van der Waals surface area contributed by atoms with Crippen molar-refractivity contribution in [3.05, 3.63) is 70.9 Å². The summed E-state index contributed by atoms with van der Waals surface area (Å²) in [6, 6.07) is 10.8. The molecule has 0 saturated heterocycles. The number of nitrogens with one attached hydrogen (secondary N) is 1. The lowest BCUT2D eigenvalue weighted by molar-refractivity contribution is -0.130. The van der Waals surface area contributed by atoms with Crippen molar-refractivity contribution in [3.8, 4) is 5.75 Å². The highest BCUT2D eigenvalue weighted by molar-refractivity contribution is 6.28. The molecule has 7 heteroatoms. The molecule has 0 fully saturated rings. The fraction of sp³-hybridized carbons (Fsp3) is 0.100. The average Bonchev–Trinajstić information content (AvgIpc) is 2.67. The fourth-order valence-corrected chi connectivity index (χ4v) is 2.59. The Balaban J connectivity index is 1.86. The Kier molecular flexibility index (Phi) is 4.85. The zero-order valence-electron chi connectivity index (χ0n) is 14.6. The molecule has 1 aliphatic heterocycles. The van der Waals surface area contributed by atoms with E-state index in [4.69, 9.17) is 4.74 Å². The van der Waals surface area contributed by atoms with Gasteiger partial charge in [-0.3, -0.25) is 9.59 Å².